The highest BCUT2D eigenvalue weighted by Gasteiger charge is 2.22. The summed E-state index contributed by atoms with van der Waals surface area (Å²) in [5, 5.41) is 9.53. The van der Waals surface area contributed by atoms with Gasteiger partial charge in [-0.25, -0.2) is 0 Å². The fraction of sp³-hybridized carbons (Fsp3) is 0.609. The number of hydrogen-bond acceptors (Lipinski definition) is 3. The molecule has 0 aromatic carbocycles. The van der Waals surface area contributed by atoms with Crippen LogP contribution in [0, 0.1) is 0 Å². The van der Waals surface area contributed by atoms with Gasteiger partial charge >= 0.3 is 5.97 Å². The zero-order chi connectivity index (χ0) is 20.8. The lowest BCUT2D eigenvalue weighted by Crippen LogP contribution is -2.43. The maximum Gasteiger partial charge on any atom is 0.321 e. The minimum atomic E-state index is -0.809. The van der Waals surface area contributed by atoms with Crippen LogP contribution in [0.5, 0.6) is 0 Å². The first-order valence-electron chi connectivity index (χ1n) is 9.83. The summed E-state index contributed by atoms with van der Waals surface area (Å²) in [6, 6.07) is -0.572. The maximum atomic E-state index is 11.6. The van der Waals surface area contributed by atoms with Crippen LogP contribution in [0.4, 0.5) is 0 Å². The second kappa shape index (κ2) is 14.8. The number of carbonyl (C=O) groups is 1. The molecule has 0 fully saturated rings. The molecule has 0 radical (unpaired) electrons. The highest BCUT2D eigenvalue weighted by atomic mass is 32.1. The molecule has 0 aliphatic heterocycles. The SMILES string of the molecule is CC(C)=CCC/C(C)=C/CN(C/C=C(\C)CCC=C(C)C)[C@H](CS)C(=O)O. The summed E-state index contributed by atoms with van der Waals surface area (Å²) in [6.45, 7) is 13.9. The third-order valence-electron chi connectivity index (χ3n) is 4.43. The molecule has 3 nitrogen and oxygen atoms in total. The lowest BCUT2D eigenvalue weighted by molar-refractivity contribution is -0.142. The van der Waals surface area contributed by atoms with Crippen LogP contribution >= 0.6 is 12.6 Å². The molecule has 27 heavy (non-hydrogen) atoms. The van der Waals surface area contributed by atoms with Crippen LogP contribution in [-0.2, 0) is 4.79 Å². The van der Waals surface area contributed by atoms with Gasteiger partial charge in [0, 0.05) is 18.8 Å². The van der Waals surface area contributed by atoms with Gasteiger partial charge in [-0.1, -0.05) is 46.6 Å². The van der Waals surface area contributed by atoms with Gasteiger partial charge in [0.25, 0.3) is 0 Å². The van der Waals surface area contributed by atoms with Crippen molar-refractivity contribution in [2.24, 2.45) is 0 Å². The highest BCUT2D eigenvalue weighted by Crippen LogP contribution is 2.11. The van der Waals surface area contributed by atoms with Gasteiger partial charge in [-0.05, 0) is 67.2 Å². The Kier molecular flexibility index (Phi) is 14.1. The van der Waals surface area contributed by atoms with Crippen LogP contribution in [0.1, 0.15) is 67.2 Å². The Bertz CT molecular complexity index is 525. The summed E-state index contributed by atoms with van der Waals surface area (Å²) in [5.74, 6) is -0.499. The van der Waals surface area contributed by atoms with E-state index in [1.54, 1.807) is 0 Å². The summed E-state index contributed by atoms with van der Waals surface area (Å²) in [5.41, 5.74) is 5.26. The minimum absolute atomic E-state index is 0.310. The molecule has 0 heterocycles. The molecule has 0 aliphatic rings. The lowest BCUT2D eigenvalue weighted by Gasteiger charge is -2.26. The van der Waals surface area contributed by atoms with Crippen LogP contribution in [0.2, 0.25) is 0 Å². The number of allylic oxidation sites excluding steroid dienone is 6. The summed E-state index contributed by atoms with van der Waals surface area (Å²) >= 11 is 4.26. The Labute approximate surface area is 172 Å². The Hall–Kier alpha value is -1.26. The van der Waals surface area contributed by atoms with Crippen molar-refractivity contribution in [2.45, 2.75) is 73.3 Å². The van der Waals surface area contributed by atoms with Crippen molar-refractivity contribution in [3.05, 3.63) is 46.6 Å². The Morgan fingerprint density at radius 3 is 1.56 bits per heavy atom. The molecule has 154 valence electrons. The van der Waals surface area contributed by atoms with Crippen molar-refractivity contribution < 1.29 is 9.90 Å². The first-order chi connectivity index (χ1) is 12.7. The van der Waals surface area contributed by atoms with E-state index in [2.05, 4.69) is 78.5 Å². The molecule has 4 heteroatoms. The predicted molar refractivity (Wildman–Crippen MR) is 122 cm³/mol. The zero-order valence-corrected chi connectivity index (χ0v) is 19.0. The van der Waals surface area contributed by atoms with Gasteiger partial charge in [0.15, 0.2) is 0 Å². The highest BCUT2D eigenvalue weighted by molar-refractivity contribution is 7.80. The second-order valence-corrected chi connectivity index (χ2v) is 8.10. The quantitative estimate of drug-likeness (QED) is 0.295. The van der Waals surface area contributed by atoms with Gasteiger partial charge in [0.2, 0.25) is 0 Å². The molecule has 0 aromatic rings. The fourth-order valence-corrected chi connectivity index (χ4v) is 2.99. The largest absolute Gasteiger partial charge is 0.480 e. The van der Waals surface area contributed by atoms with Crippen molar-refractivity contribution in [3.63, 3.8) is 0 Å². The van der Waals surface area contributed by atoms with E-state index >= 15 is 0 Å². The molecule has 0 spiro atoms. The average Bonchev–Trinajstić information content (AvgIpc) is 2.56. The summed E-state index contributed by atoms with van der Waals surface area (Å²) in [6.07, 6.45) is 12.9. The molecule has 0 aromatic heterocycles. The molecular weight excluding hydrogens is 354 g/mol. The van der Waals surface area contributed by atoms with Crippen LogP contribution in [-0.4, -0.2) is 40.9 Å². The van der Waals surface area contributed by atoms with Crippen molar-refractivity contribution in [3.8, 4) is 0 Å². The number of thiol groups is 1. The Morgan fingerprint density at radius 2 is 1.26 bits per heavy atom. The summed E-state index contributed by atoms with van der Waals surface area (Å²) in [4.78, 5) is 13.6. The fourth-order valence-electron chi connectivity index (χ4n) is 2.61. The number of carboxylic acid groups (broad SMARTS) is 1. The van der Waals surface area contributed by atoms with E-state index < -0.39 is 12.0 Å². The van der Waals surface area contributed by atoms with E-state index in [0.29, 0.717) is 18.8 Å². The van der Waals surface area contributed by atoms with E-state index in [1.165, 1.54) is 22.3 Å². The van der Waals surface area contributed by atoms with Gasteiger partial charge in [-0.3, -0.25) is 9.69 Å². The molecule has 0 amide bonds. The first-order valence-corrected chi connectivity index (χ1v) is 10.5. The van der Waals surface area contributed by atoms with Crippen molar-refractivity contribution in [2.75, 3.05) is 18.8 Å². The van der Waals surface area contributed by atoms with Gasteiger partial charge in [0.1, 0.15) is 6.04 Å². The van der Waals surface area contributed by atoms with Gasteiger partial charge in [-0.15, -0.1) is 0 Å². The molecule has 0 bridgehead atoms. The summed E-state index contributed by atoms with van der Waals surface area (Å²) < 4.78 is 0. The van der Waals surface area contributed by atoms with Crippen molar-refractivity contribution >= 4 is 18.6 Å². The van der Waals surface area contributed by atoms with Crippen molar-refractivity contribution in [1.29, 1.82) is 0 Å². The van der Waals surface area contributed by atoms with Gasteiger partial charge < -0.3 is 5.11 Å². The second-order valence-electron chi connectivity index (χ2n) is 7.73. The molecule has 0 aliphatic carbocycles. The average molecular weight is 394 g/mol. The van der Waals surface area contributed by atoms with E-state index in [0.717, 1.165) is 25.7 Å². The molecule has 0 saturated heterocycles. The molecular formula is C23H39NO2S. The standard InChI is InChI=1S/C23H39NO2S/c1-18(2)9-7-11-20(5)13-15-24(22(17-27)23(25)26)16-14-21(6)12-8-10-19(3)4/h9-10,13-14,22,27H,7-8,11-12,15-17H2,1-6H3,(H,25,26)/b20-13+,21-14+/t22-/m1/s1. The minimum Gasteiger partial charge on any atom is -0.480 e. The number of carboxylic acids is 1. The number of hydrogen-bond donors (Lipinski definition) is 2. The van der Waals surface area contributed by atoms with Crippen LogP contribution in [0.25, 0.3) is 0 Å². The summed E-state index contributed by atoms with van der Waals surface area (Å²) in [7, 11) is 0. The molecule has 1 atom stereocenters. The first kappa shape index (κ1) is 25.7. The monoisotopic (exact) mass is 393 g/mol. The van der Waals surface area contributed by atoms with E-state index in [9.17, 15) is 9.90 Å². The maximum absolute atomic E-state index is 11.6. The van der Waals surface area contributed by atoms with E-state index in [-0.39, 0.29) is 0 Å². The lowest BCUT2D eigenvalue weighted by atomic mass is 10.1. The number of aliphatic carboxylic acids is 1. The smallest absolute Gasteiger partial charge is 0.321 e. The van der Waals surface area contributed by atoms with Crippen LogP contribution in [0.15, 0.2) is 46.6 Å². The van der Waals surface area contributed by atoms with Crippen LogP contribution < -0.4 is 0 Å². The van der Waals surface area contributed by atoms with E-state index in [1.807, 2.05) is 4.90 Å². The topological polar surface area (TPSA) is 40.5 Å². The van der Waals surface area contributed by atoms with Gasteiger partial charge in [0.05, 0.1) is 0 Å². The number of rotatable bonds is 13. The number of nitrogens with zero attached hydrogens (tertiary/aromatic N) is 1. The van der Waals surface area contributed by atoms with Crippen LogP contribution in [0.3, 0.4) is 0 Å². The zero-order valence-electron chi connectivity index (χ0n) is 18.1. The third-order valence-corrected chi connectivity index (χ3v) is 4.78. The van der Waals surface area contributed by atoms with E-state index in [4.69, 9.17) is 0 Å². The molecule has 1 N–H and O–H groups in total. The third kappa shape index (κ3) is 13.5. The molecule has 0 saturated carbocycles. The Balaban J connectivity index is 4.95. The normalized spacial score (nSPS) is 13.5. The molecule has 0 rings (SSSR count). The van der Waals surface area contributed by atoms with Crippen molar-refractivity contribution in [1.82, 2.24) is 4.90 Å². The van der Waals surface area contributed by atoms with Gasteiger partial charge in [-0.2, -0.15) is 12.6 Å². The molecule has 0 unspecified atom stereocenters. The Morgan fingerprint density at radius 1 is 0.852 bits per heavy atom. The predicted octanol–water partition coefficient (Wildman–Crippen LogP) is 6.06.